The molecule has 3 rings (SSSR count). The Morgan fingerprint density at radius 3 is 2.80 bits per heavy atom. The van der Waals surface area contributed by atoms with Crippen molar-refractivity contribution in [1.29, 1.82) is 0 Å². The minimum atomic E-state index is -0.573. The van der Waals surface area contributed by atoms with Crippen molar-refractivity contribution in [3.63, 3.8) is 0 Å². The molecule has 7 heteroatoms. The van der Waals surface area contributed by atoms with E-state index in [4.69, 9.17) is 11.6 Å². The average Bonchev–Trinajstić information content (AvgIpc) is 2.79. The van der Waals surface area contributed by atoms with Gasteiger partial charge in [0, 0.05) is 0 Å². The van der Waals surface area contributed by atoms with Gasteiger partial charge in [-0.25, -0.2) is 24.8 Å². The molecule has 1 saturated heterocycles. The minimum Gasteiger partial charge on any atom is -0.271 e. The monoisotopic (exact) mass is 292 g/mol. The van der Waals surface area contributed by atoms with Gasteiger partial charge in [-0.2, -0.15) is 0 Å². The summed E-state index contributed by atoms with van der Waals surface area (Å²) in [6.07, 6.45) is 0. The molecule has 1 aliphatic rings. The summed E-state index contributed by atoms with van der Waals surface area (Å²) < 4.78 is 1.44. The molecule has 1 fully saturated rings. The topological polar surface area (TPSA) is 67.2 Å². The summed E-state index contributed by atoms with van der Waals surface area (Å²) in [5, 5.41) is 0.671. The molecule has 6 nitrogen and oxygen atoms in total. The number of rotatable bonds is 1. The number of hydrogen-bond acceptors (Lipinski definition) is 3. The maximum absolute atomic E-state index is 12.3. The second kappa shape index (κ2) is 4.49. The zero-order chi connectivity index (χ0) is 14.4. The van der Waals surface area contributed by atoms with Gasteiger partial charge in [-0.05, 0) is 26.0 Å². The van der Waals surface area contributed by atoms with Crippen LogP contribution in [0.4, 0.5) is 4.79 Å². The molecular weight excluding hydrogens is 280 g/mol. The van der Waals surface area contributed by atoms with Crippen LogP contribution in [-0.2, 0) is 4.79 Å². The predicted molar refractivity (Wildman–Crippen MR) is 74.3 cm³/mol. The third-order valence-electron chi connectivity index (χ3n) is 3.45. The highest BCUT2D eigenvalue weighted by molar-refractivity contribution is 6.33. The van der Waals surface area contributed by atoms with Crippen LogP contribution in [0.15, 0.2) is 24.3 Å². The van der Waals surface area contributed by atoms with Crippen molar-refractivity contribution in [2.45, 2.75) is 25.3 Å². The van der Waals surface area contributed by atoms with E-state index in [1.807, 2.05) is 18.2 Å². The number of hydrazine groups is 1. The number of carbonyl (C=O) groups excluding carboxylic acids is 2. The van der Waals surface area contributed by atoms with E-state index >= 15 is 0 Å². The molecule has 1 aliphatic heterocycles. The van der Waals surface area contributed by atoms with Crippen molar-refractivity contribution in [2.24, 2.45) is 0 Å². The largest absolute Gasteiger partial charge is 0.346 e. The summed E-state index contributed by atoms with van der Waals surface area (Å²) in [7, 11) is 0. The molecule has 2 aromatic rings. The Labute approximate surface area is 120 Å². The molecule has 0 radical (unpaired) electrons. The van der Waals surface area contributed by atoms with Gasteiger partial charge < -0.3 is 0 Å². The molecule has 1 aromatic heterocycles. The highest BCUT2D eigenvalue weighted by Gasteiger charge is 2.44. The molecule has 104 valence electrons. The molecule has 0 spiro atoms. The fraction of sp³-hybridized carbons (Fsp3) is 0.308. The maximum Gasteiger partial charge on any atom is 0.346 e. The number of carbonyl (C=O) groups is 2. The molecular formula is C13H13ClN4O2. The first-order valence-electron chi connectivity index (χ1n) is 6.23. The molecule has 2 atom stereocenters. The number of aromatic nitrogens is 2. The Hall–Kier alpha value is -2.08. The molecule has 2 unspecified atom stereocenters. The van der Waals surface area contributed by atoms with Crippen LogP contribution >= 0.6 is 11.6 Å². The van der Waals surface area contributed by atoms with Crippen molar-refractivity contribution < 1.29 is 9.59 Å². The van der Waals surface area contributed by atoms with Crippen molar-refractivity contribution in [2.75, 3.05) is 0 Å². The Kier molecular flexibility index (Phi) is 2.90. The van der Waals surface area contributed by atoms with Crippen LogP contribution < -0.4 is 5.43 Å². The van der Waals surface area contributed by atoms with E-state index < -0.39 is 11.4 Å². The first-order chi connectivity index (χ1) is 9.50. The van der Waals surface area contributed by atoms with Gasteiger partial charge in [-0.3, -0.25) is 4.79 Å². The summed E-state index contributed by atoms with van der Waals surface area (Å²) in [5.41, 5.74) is 4.00. The Balaban J connectivity index is 1.90. The summed E-state index contributed by atoms with van der Waals surface area (Å²) >= 11 is 5.82. The van der Waals surface area contributed by atoms with Crippen molar-refractivity contribution in [3.05, 3.63) is 30.1 Å². The molecule has 20 heavy (non-hydrogen) atoms. The number of alkyl halides is 1. The van der Waals surface area contributed by atoms with E-state index in [9.17, 15) is 9.59 Å². The zero-order valence-corrected chi connectivity index (χ0v) is 11.8. The van der Waals surface area contributed by atoms with Gasteiger partial charge in [-0.15, -0.1) is 11.6 Å². The second-order valence-electron chi connectivity index (χ2n) is 4.75. The second-order valence-corrected chi connectivity index (χ2v) is 5.22. The van der Waals surface area contributed by atoms with Crippen molar-refractivity contribution in [1.82, 2.24) is 20.0 Å². The third kappa shape index (κ3) is 1.76. The number of halogens is 1. The normalized spacial score (nSPS) is 21.9. The quantitative estimate of drug-likeness (QED) is 0.642. The summed E-state index contributed by atoms with van der Waals surface area (Å²) in [6.45, 7) is 3.52. The lowest BCUT2D eigenvalue weighted by atomic mass is 10.1. The zero-order valence-electron chi connectivity index (χ0n) is 11.0. The van der Waals surface area contributed by atoms with Crippen LogP contribution in [0.1, 0.15) is 12.7 Å². The lowest BCUT2D eigenvalue weighted by Gasteiger charge is -2.41. The number of nitrogens with zero attached hydrogens (tertiary/aromatic N) is 3. The van der Waals surface area contributed by atoms with Crippen LogP contribution in [0, 0.1) is 6.92 Å². The number of imidazole rings is 1. The van der Waals surface area contributed by atoms with Gasteiger partial charge in [0.15, 0.2) is 0 Å². The molecule has 0 aliphatic carbocycles. The van der Waals surface area contributed by atoms with E-state index in [1.54, 1.807) is 19.9 Å². The molecule has 1 aromatic carbocycles. The van der Waals surface area contributed by atoms with E-state index in [0.717, 1.165) is 5.52 Å². The molecule has 0 bridgehead atoms. The van der Waals surface area contributed by atoms with Gasteiger partial charge in [0.1, 0.15) is 11.2 Å². The summed E-state index contributed by atoms with van der Waals surface area (Å²) in [6, 6.07) is 6.69. The molecule has 2 amide bonds. The molecule has 0 saturated carbocycles. The molecule has 2 heterocycles. The van der Waals surface area contributed by atoms with Gasteiger partial charge >= 0.3 is 6.03 Å². The van der Waals surface area contributed by atoms with Crippen LogP contribution in [0.3, 0.4) is 0 Å². The highest BCUT2D eigenvalue weighted by atomic mass is 35.5. The molecule has 1 N–H and O–H groups in total. The fourth-order valence-electron chi connectivity index (χ4n) is 2.30. The van der Waals surface area contributed by atoms with Crippen LogP contribution in [0.25, 0.3) is 11.0 Å². The van der Waals surface area contributed by atoms with Crippen LogP contribution in [0.2, 0.25) is 0 Å². The van der Waals surface area contributed by atoms with Gasteiger partial charge in [-0.1, -0.05) is 12.1 Å². The first kappa shape index (κ1) is 12.9. The van der Waals surface area contributed by atoms with Crippen molar-refractivity contribution in [3.8, 4) is 0 Å². The average molecular weight is 293 g/mol. The Morgan fingerprint density at radius 1 is 1.40 bits per heavy atom. The number of amides is 2. The van der Waals surface area contributed by atoms with Crippen LogP contribution in [-0.4, -0.2) is 37.9 Å². The summed E-state index contributed by atoms with van der Waals surface area (Å²) in [4.78, 5) is 28.2. The maximum atomic E-state index is 12.3. The fourth-order valence-corrected chi connectivity index (χ4v) is 2.52. The van der Waals surface area contributed by atoms with Gasteiger partial charge in [0.2, 0.25) is 0 Å². The van der Waals surface area contributed by atoms with Crippen molar-refractivity contribution >= 4 is 34.6 Å². The third-order valence-corrected chi connectivity index (χ3v) is 4.00. The summed E-state index contributed by atoms with van der Waals surface area (Å²) in [5.74, 6) is 0.265. The SMILES string of the molecule is Cc1nc2ccccc2n1C(=O)NN1C(=O)C(Cl)C1C. The number of nitrogens with one attached hydrogen (secondary N) is 1. The number of hydrogen-bond donors (Lipinski definition) is 1. The van der Waals surface area contributed by atoms with E-state index in [1.165, 1.54) is 9.58 Å². The Morgan fingerprint density at radius 2 is 2.10 bits per heavy atom. The van der Waals surface area contributed by atoms with Gasteiger partial charge in [0.05, 0.1) is 17.1 Å². The standard InChI is InChI=1S/C13H13ClN4O2/c1-7-11(14)12(19)18(7)16-13(20)17-8(2)15-9-5-3-4-6-10(9)17/h3-7,11H,1-2H3,(H,16,20). The van der Waals surface area contributed by atoms with E-state index in [-0.39, 0.29) is 11.9 Å². The van der Waals surface area contributed by atoms with Gasteiger partial charge in [0.25, 0.3) is 5.91 Å². The first-order valence-corrected chi connectivity index (χ1v) is 6.66. The number of benzene rings is 1. The van der Waals surface area contributed by atoms with E-state index in [0.29, 0.717) is 11.3 Å². The smallest absolute Gasteiger partial charge is 0.271 e. The lowest BCUT2D eigenvalue weighted by Crippen LogP contribution is -2.67. The lowest BCUT2D eigenvalue weighted by molar-refractivity contribution is -0.147. The van der Waals surface area contributed by atoms with Crippen LogP contribution in [0.5, 0.6) is 0 Å². The van der Waals surface area contributed by atoms with E-state index in [2.05, 4.69) is 10.4 Å². The highest BCUT2D eigenvalue weighted by Crippen LogP contribution is 2.23. The predicted octanol–water partition coefficient (Wildman–Crippen LogP) is 1.66. The minimum absolute atomic E-state index is 0.219. The number of para-hydroxylation sites is 2. The number of β-lactam (4-membered cyclic amide) rings is 1. The number of aryl methyl sites for hydroxylation is 1. The Bertz CT molecular complexity index is 711. The number of fused-ring (bicyclic) bond motifs is 1.